The molecule has 128 valence electrons. The van der Waals surface area contributed by atoms with Gasteiger partial charge in [-0.3, -0.25) is 9.48 Å². The maximum Gasteiger partial charge on any atom is 0.256 e. The molecule has 0 bridgehead atoms. The number of aryl methyl sites for hydroxylation is 3. The molecule has 3 rings (SSSR count). The van der Waals surface area contributed by atoms with E-state index in [1.807, 2.05) is 0 Å². The molecule has 0 atom stereocenters. The van der Waals surface area contributed by atoms with Gasteiger partial charge in [-0.25, -0.2) is 8.78 Å². The van der Waals surface area contributed by atoms with Crippen molar-refractivity contribution >= 4 is 11.6 Å². The maximum atomic E-state index is 14.5. The Bertz CT molecular complexity index is 963. The summed E-state index contributed by atoms with van der Waals surface area (Å²) in [7, 11) is 1.71. The fourth-order valence-corrected chi connectivity index (χ4v) is 2.74. The van der Waals surface area contributed by atoms with Gasteiger partial charge >= 0.3 is 0 Å². The lowest BCUT2D eigenvalue weighted by molar-refractivity contribution is 0.102. The first-order valence-electron chi connectivity index (χ1n) is 7.74. The van der Waals surface area contributed by atoms with Crippen LogP contribution in [0.25, 0.3) is 11.1 Å². The number of anilines is 1. The van der Waals surface area contributed by atoms with Crippen molar-refractivity contribution in [2.24, 2.45) is 7.05 Å². The van der Waals surface area contributed by atoms with Gasteiger partial charge in [-0.15, -0.1) is 0 Å². The summed E-state index contributed by atoms with van der Waals surface area (Å²) >= 11 is 0. The van der Waals surface area contributed by atoms with Crippen molar-refractivity contribution < 1.29 is 13.6 Å². The van der Waals surface area contributed by atoms with Crippen LogP contribution in [-0.2, 0) is 7.05 Å². The van der Waals surface area contributed by atoms with Crippen LogP contribution in [0.5, 0.6) is 0 Å². The molecule has 3 aromatic rings. The average Bonchev–Trinajstić information content (AvgIpc) is 2.90. The first kappa shape index (κ1) is 16.8. The highest BCUT2D eigenvalue weighted by atomic mass is 19.2. The summed E-state index contributed by atoms with van der Waals surface area (Å²) in [6.07, 6.45) is 1.62. The van der Waals surface area contributed by atoms with E-state index in [0.29, 0.717) is 16.8 Å². The van der Waals surface area contributed by atoms with E-state index >= 15 is 0 Å². The van der Waals surface area contributed by atoms with Gasteiger partial charge in [0.05, 0.1) is 11.4 Å². The van der Waals surface area contributed by atoms with Crippen LogP contribution in [0.3, 0.4) is 0 Å². The zero-order valence-corrected chi connectivity index (χ0v) is 14.1. The SMILES string of the molecule is Cc1ccccc1C(=O)Nc1ccc(-c2cn(C)nc2C)c(F)c1F. The highest BCUT2D eigenvalue weighted by Gasteiger charge is 2.19. The fourth-order valence-electron chi connectivity index (χ4n) is 2.74. The monoisotopic (exact) mass is 341 g/mol. The summed E-state index contributed by atoms with van der Waals surface area (Å²) in [4.78, 5) is 12.3. The highest BCUT2D eigenvalue weighted by molar-refractivity contribution is 6.05. The van der Waals surface area contributed by atoms with E-state index < -0.39 is 17.5 Å². The Morgan fingerprint density at radius 3 is 2.40 bits per heavy atom. The lowest BCUT2D eigenvalue weighted by Crippen LogP contribution is -2.15. The first-order valence-corrected chi connectivity index (χ1v) is 7.74. The summed E-state index contributed by atoms with van der Waals surface area (Å²) in [5.41, 5.74) is 2.18. The van der Waals surface area contributed by atoms with E-state index in [2.05, 4.69) is 10.4 Å². The minimum atomic E-state index is -1.09. The molecule has 1 amide bonds. The van der Waals surface area contributed by atoms with E-state index in [-0.39, 0.29) is 11.3 Å². The number of halogens is 2. The maximum absolute atomic E-state index is 14.5. The Morgan fingerprint density at radius 2 is 1.76 bits per heavy atom. The van der Waals surface area contributed by atoms with Gasteiger partial charge in [-0.1, -0.05) is 18.2 Å². The standard InChI is InChI=1S/C19H17F2N3O/c1-11-6-4-5-7-13(11)19(25)22-16-9-8-14(17(20)18(16)21)15-10-24(3)23-12(15)2/h4-10H,1-3H3,(H,22,25). The summed E-state index contributed by atoms with van der Waals surface area (Å²) in [5, 5.41) is 6.57. The molecule has 1 aromatic heterocycles. The Morgan fingerprint density at radius 1 is 1.04 bits per heavy atom. The molecule has 0 saturated heterocycles. The second kappa shape index (κ2) is 6.47. The van der Waals surface area contributed by atoms with Crippen molar-refractivity contribution in [1.29, 1.82) is 0 Å². The second-order valence-electron chi connectivity index (χ2n) is 5.86. The molecule has 4 nitrogen and oxygen atoms in total. The number of carbonyl (C=O) groups excluding carboxylic acids is 1. The van der Waals surface area contributed by atoms with Gasteiger partial charge < -0.3 is 5.32 Å². The van der Waals surface area contributed by atoms with E-state index in [1.54, 1.807) is 51.4 Å². The molecule has 1 N–H and O–H groups in total. The normalized spacial score (nSPS) is 10.8. The Labute approximate surface area is 144 Å². The fraction of sp³-hybridized carbons (Fsp3) is 0.158. The van der Waals surface area contributed by atoms with Gasteiger partial charge in [0.25, 0.3) is 5.91 Å². The van der Waals surface area contributed by atoms with Crippen molar-refractivity contribution in [3.8, 4) is 11.1 Å². The van der Waals surface area contributed by atoms with Crippen molar-refractivity contribution in [2.45, 2.75) is 13.8 Å². The van der Waals surface area contributed by atoms with Gasteiger partial charge in [0.15, 0.2) is 11.6 Å². The van der Waals surface area contributed by atoms with E-state index in [1.165, 1.54) is 16.8 Å². The van der Waals surface area contributed by atoms with Crippen molar-refractivity contribution in [1.82, 2.24) is 9.78 Å². The number of rotatable bonds is 3. The topological polar surface area (TPSA) is 46.9 Å². The van der Waals surface area contributed by atoms with Gasteiger partial charge in [0, 0.05) is 29.9 Å². The largest absolute Gasteiger partial charge is 0.319 e. The van der Waals surface area contributed by atoms with Crippen LogP contribution >= 0.6 is 0 Å². The number of amides is 1. The zero-order chi connectivity index (χ0) is 18.1. The van der Waals surface area contributed by atoms with Crippen molar-refractivity contribution in [2.75, 3.05) is 5.32 Å². The minimum absolute atomic E-state index is 0.108. The Hall–Kier alpha value is -3.02. The van der Waals surface area contributed by atoms with Crippen LogP contribution in [-0.4, -0.2) is 15.7 Å². The number of hydrogen-bond acceptors (Lipinski definition) is 2. The summed E-state index contributed by atoms with van der Waals surface area (Å²) in [6.45, 7) is 3.50. The first-order chi connectivity index (χ1) is 11.9. The summed E-state index contributed by atoms with van der Waals surface area (Å²) in [6, 6.07) is 9.73. The molecule has 0 radical (unpaired) electrons. The van der Waals surface area contributed by atoms with Crippen LogP contribution in [0.15, 0.2) is 42.6 Å². The number of hydrogen-bond donors (Lipinski definition) is 1. The van der Waals surface area contributed by atoms with Crippen LogP contribution in [0.4, 0.5) is 14.5 Å². The molecule has 0 saturated carbocycles. The molecule has 0 aliphatic carbocycles. The number of carbonyl (C=O) groups is 1. The zero-order valence-electron chi connectivity index (χ0n) is 14.1. The third-order valence-electron chi connectivity index (χ3n) is 4.02. The van der Waals surface area contributed by atoms with Crippen LogP contribution < -0.4 is 5.32 Å². The van der Waals surface area contributed by atoms with E-state index in [4.69, 9.17) is 0 Å². The summed E-state index contributed by atoms with van der Waals surface area (Å²) < 4.78 is 30.5. The van der Waals surface area contributed by atoms with Gasteiger partial charge in [-0.2, -0.15) is 5.10 Å². The molecule has 6 heteroatoms. The second-order valence-corrected chi connectivity index (χ2v) is 5.86. The number of nitrogens with one attached hydrogen (secondary N) is 1. The summed E-state index contributed by atoms with van der Waals surface area (Å²) in [5.74, 6) is -2.59. The minimum Gasteiger partial charge on any atom is -0.319 e. The number of aromatic nitrogens is 2. The quantitative estimate of drug-likeness (QED) is 0.775. The predicted molar refractivity (Wildman–Crippen MR) is 92.4 cm³/mol. The molecule has 0 fully saturated rings. The average molecular weight is 341 g/mol. The van der Waals surface area contributed by atoms with Crippen LogP contribution in [0.1, 0.15) is 21.6 Å². The number of benzene rings is 2. The molecule has 1 heterocycles. The van der Waals surface area contributed by atoms with Gasteiger partial charge in [0.2, 0.25) is 0 Å². The van der Waals surface area contributed by atoms with Crippen molar-refractivity contribution in [3.63, 3.8) is 0 Å². The third-order valence-corrected chi connectivity index (χ3v) is 4.02. The smallest absolute Gasteiger partial charge is 0.256 e. The lowest BCUT2D eigenvalue weighted by Gasteiger charge is -2.11. The van der Waals surface area contributed by atoms with E-state index in [9.17, 15) is 13.6 Å². The lowest BCUT2D eigenvalue weighted by atomic mass is 10.0. The third kappa shape index (κ3) is 3.15. The van der Waals surface area contributed by atoms with Gasteiger partial charge in [-0.05, 0) is 37.6 Å². The Balaban J connectivity index is 1.94. The highest BCUT2D eigenvalue weighted by Crippen LogP contribution is 2.30. The molecule has 2 aromatic carbocycles. The Kier molecular flexibility index (Phi) is 4.35. The molecule has 25 heavy (non-hydrogen) atoms. The van der Waals surface area contributed by atoms with Crippen LogP contribution in [0.2, 0.25) is 0 Å². The van der Waals surface area contributed by atoms with Crippen LogP contribution in [0, 0.1) is 25.5 Å². The molecule has 0 aliphatic heterocycles. The number of nitrogens with zero attached hydrogens (tertiary/aromatic N) is 2. The molecular weight excluding hydrogens is 324 g/mol. The van der Waals surface area contributed by atoms with E-state index in [0.717, 1.165) is 5.56 Å². The predicted octanol–water partition coefficient (Wildman–Crippen LogP) is 4.23. The van der Waals surface area contributed by atoms with Gasteiger partial charge in [0.1, 0.15) is 0 Å². The molecular formula is C19H17F2N3O. The van der Waals surface area contributed by atoms with Crippen molar-refractivity contribution in [3.05, 3.63) is 71.1 Å². The molecule has 0 aliphatic rings. The molecule has 0 unspecified atom stereocenters. The molecule has 0 spiro atoms.